The molecule has 0 radical (unpaired) electrons. The molecule has 0 saturated carbocycles. The average Bonchev–Trinajstić information content (AvgIpc) is 2.50. The van der Waals surface area contributed by atoms with Crippen LogP contribution in [0.15, 0.2) is 24.3 Å². The second kappa shape index (κ2) is 8.03. The molecule has 0 aliphatic heterocycles. The Hall–Kier alpha value is -1.55. The number of methoxy groups -OCH3 is 1. The lowest BCUT2D eigenvalue weighted by Gasteiger charge is -2.25. The van der Waals surface area contributed by atoms with Crippen LogP contribution >= 0.6 is 0 Å². The van der Waals surface area contributed by atoms with Crippen LogP contribution in [0.5, 0.6) is 5.75 Å². The zero-order valence-electron chi connectivity index (χ0n) is 13.7. The van der Waals surface area contributed by atoms with Gasteiger partial charge in [0, 0.05) is 0 Å². The Balaban J connectivity index is 2.47. The molecular formula is C17H27NO3. The van der Waals surface area contributed by atoms with E-state index >= 15 is 0 Å². The lowest BCUT2D eigenvalue weighted by molar-refractivity contribution is -0.148. The largest absolute Gasteiger partial charge is 0.494 e. The van der Waals surface area contributed by atoms with Gasteiger partial charge in [0.25, 0.3) is 0 Å². The summed E-state index contributed by atoms with van der Waals surface area (Å²) >= 11 is 0. The van der Waals surface area contributed by atoms with E-state index < -0.39 is 5.54 Å². The minimum Gasteiger partial charge on any atom is -0.494 e. The van der Waals surface area contributed by atoms with Crippen molar-refractivity contribution in [1.82, 2.24) is 5.32 Å². The third kappa shape index (κ3) is 5.05. The average molecular weight is 293 g/mol. The number of carbonyl (C=O) groups is 1. The summed E-state index contributed by atoms with van der Waals surface area (Å²) in [4.78, 5) is 11.7. The second-order valence-corrected chi connectivity index (χ2v) is 5.75. The van der Waals surface area contributed by atoms with Crippen LogP contribution in [0.3, 0.4) is 0 Å². The van der Waals surface area contributed by atoms with Crippen molar-refractivity contribution in [2.24, 2.45) is 0 Å². The maximum absolute atomic E-state index is 11.7. The molecule has 0 aromatic heterocycles. The number of hydrogen-bond donors (Lipinski definition) is 1. The van der Waals surface area contributed by atoms with Crippen molar-refractivity contribution in [3.63, 3.8) is 0 Å². The van der Waals surface area contributed by atoms with E-state index in [1.807, 2.05) is 19.1 Å². The summed E-state index contributed by atoms with van der Waals surface area (Å²) in [6.45, 7) is 6.75. The van der Waals surface area contributed by atoms with Gasteiger partial charge in [-0.1, -0.05) is 26.0 Å². The van der Waals surface area contributed by atoms with E-state index in [1.54, 1.807) is 7.05 Å². The second-order valence-electron chi connectivity index (χ2n) is 5.75. The Morgan fingerprint density at radius 1 is 1.38 bits per heavy atom. The zero-order chi connectivity index (χ0) is 15.9. The summed E-state index contributed by atoms with van der Waals surface area (Å²) in [5, 5.41) is 3.02. The quantitative estimate of drug-likeness (QED) is 0.591. The molecule has 21 heavy (non-hydrogen) atoms. The van der Waals surface area contributed by atoms with Gasteiger partial charge in [-0.2, -0.15) is 0 Å². The first kappa shape index (κ1) is 17.5. The van der Waals surface area contributed by atoms with Gasteiger partial charge in [-0.15, -0.1) is 0 Å². The maximum Gasteiger partial charge on any atom is 0.325 e. The van der Waals surface area contributed by atoms with Gasteiger partial charge in [0.15, 0.2) is 0 Å². The number of rotatable bonds is 8. The van der Waals surface area contributed by atoms with Gasteiger partial charge in [-0.3, -0.25) is 4.79 Å². The molecule has 1 aromatic carbocycles. The third-order valence-electron chi connectivity index (χ3n) is 3.80. The molecule has 0 amide bonds. The number of nitrogens with one attached hydrogen (secondary N) is 1. The highest BCUT2D eigenvalue weighted by Crippen LogP contribution is 2.21. The summed E-state index contributed by atoms with van der Waals surface area (Å²) in [6.07, 6.45) is 1.44. The monoisotopic (exact) mass is 293 g/mol. The molecule has 1 atom stereocenters. The molecule has 4 heteroatoms. The Morgan fingerprint density at radius 2 is 2.10 bits per heavy atom. The van der Waals surface area contributed by atoms with E-state index in [1.165, 1.54) is 12.7 Å². The van der Waals surface area contributed by atoms with E-state index in [2.05, 4.69) is 31.3 Å². The van der Waals surface area contributed by atoms with Crippen LogP contribution in [0, 0.1) is 0 Å². The fraction of sp³-hybridized carbons (Fsp3) is 0.588. The summed E-state index contributed by atoms with van der Waals surface area (Å²) < 4.78 is 10.6. The van der Waals surface area contributed by atoms with Crippen molar-refractivity contribution in [2.75, 3.05) is 20.8 Å². The van der Waals surface area contributed by atoms with Crippen molar-refractivity contribution < 1.29 is 14.3 Å². The van der Waals surface area contributed by atoms with Crippen LogP contribution in [0.25, 0.3) is 0 Å². The molecule has 0 fully saturated rings. The molecule has 4 nitrogen and oxygen atoms in total. The number of likely N-dealkylation sites (N-methyl/N-ethyl adjacent to an activating group) is 1. The normalized spacial score (nSPS) is 13.8. The van der Waals surface area contributed by atoms with Gasteiger partial charge in [0.05, 0.1) is 13.7 Å². The Morgan fingerprint density at radius 3 is 2.67 bits per heavy atom. The van der Waals surface area contributed by atoms with Crippen molar-refractivity contribution in [2.45, 2.75) is 45.1 Å². The first-order chi connectivity index (χ1) is 9.92. The minimum absolute atomic E-state index is 0.244. The maximum atomic E-state index is 11.7. The molecule has 0 saturated heterocycles. The van der Waals surface area contributed by atoms with Crippen LogP contribution in [-0.4, -0.2) is 32.3 Å². The van der Waals surface area contributed by atoms with Crippen LogP contribution < -0.4 is 10.1 Å². The number of ether oxygens (including phenoxy) is 2. The molecule has 0 spiro atoms. The number of benzene rings is 1. The van der Waals surface area contributed by atoms with E-state index in [4.69, 9.17) is 9.47 Å². The van der Waals surface area contributed by atoms with Crippen LogP contribution in [0.4, 0.5) is 0 Å². The number of carbonyl (C=O) groups excluding carboxylic acids is 1. The third-order valence-corrected chi connectivity index (χ3v) is 3.80. The van der Waals surface area contributed by atoms with Crippen molar-refractivity contribution >= 4 is 5.97 Å². The van der Waals surface area contributed by atoms with E-state index in [0.29, 0.717) is 18.9 Å². The molecular weight excluding hydrogens is 266 g/mol. The lowest BCUT2D eigenvalue weighted by Crippen LogP contribution is -2.48. The first-order valence-corrected chi connectivity index (χ1v) is 7.43. The Bertz CT molecular complexity index is 459. The van der Waals surface area contributed by atoms with Gasteiger partial charge in [-0.05, 0) is 50.4 Å². The van der Waals surface area contributed by atoms with E-state index in [9.17, 15) is 4.79 Å². The molecule has 0 heterocycles. The Kier molecular flexibility index (Phi) is 6.69. The topological polar surface area (TPSA) is 47.6 Å². The highest BCUT2D eigenvalue weighted by Gasteiger charge is 2.31. The standard InChI is InChI=1S/C17H27NO3/c1-13(2)14-8-6-9-15(12-14)21-11-7-10-17(3,18-4)16(19)20-5/h6,8-9,12-13,18H,7,10-11H2,1-5H3. The van der Waals surface area contributed by atoms with E-state index in [-0.39, 0.29) is 5.97 Å². The minimum atomic E-state index is -0.655. The molecule has 1 rings (SSSR count). The predicted molar refractivity (Wildman–Crippen MR) is 84.7 cm³/mol. The van der Waals surface area contributed by atoms with Gasteiger partial charge < -0.3 is 14.8 Å². The fourth-order valence-corrected chi connectivity index (χ4v) is 2.13. The molecule has 1 N–H and O–H groups in total. The predicted octanol–water partition coefficient (Wildman–Crippen LogP) is 3.12. The highest BCUT2D eigenvalue weighted by atomic mass is 16.5. The van der Waals surface area contributed by atoms with E-state index in [0.717, 1.165) is 12.2 Å². The van der Waals surface area contributed by atoms with Gasteiger partial charge in [0.1, 0.15) is 11.3 Å². The van der Waals surface area contributed by atoms with Gasteiger partial charge >= 0.3 is 5.97 Å². The van der Waals surface area contributed by atoms with Gasteiger partial charge in [-0.25, -0.2) is 0 Å². The summed E-state index contributed by atoms with van der Waals surface area (Å²) in [6, 6.07) is 8.15. The molecule has 0 aliphatic carbocycles. The highest BCUT2D eigenvalue weighted by molar-refractivity contribution is 5.80. The molecule has 1 unspecified atom stereocenters. The number of esters is 1. The molecule has 0 aliphatic rings. The van der Waals surface area contributed by atoms with Crippen molar-refractivity contribution in [3.8, 4) is 5.75 Å². The summed E-state index contributed by atoms with van der Waals surface area (Å²) in [5.41, 5.74) is 0.611. The molecule has 1 aromatic rings. The number of hydrogen-bond acceptors (Lipinski definition) is 4. The van der Waals surface area contributed by atoms with Crippen LogP contribution in [0.1, 0.15) is 45.1 Å². The SMILES string of the molecule is CNC(C)(CCCOc1cccc(C(C)C)c1)C(=O)OC. The first-order valence-electron chi connectivity index (χ1n) is 7.43. The zero-order valence-corrected chi connectivity index (χ0v) is 13.7. The Labute approximate surface area is 127 Å². The van der Waals surface area contributed by atoms with Crippen molar-refractivity contribution in [1.29, 1.82) is 0 Å². The van der Waals surface area contributed by atoms with Crippen LogP contribution in [-0.2, 0) is 9.53 Å². The molecule has 118 valence electrons. The lowest BCUT2D eigenvalue weighted by atomic mass is 9.96. The van der Waals surface area contributed by atoms with Gasteiger partial charge in [0.2, 0.25) is 0 Å². The summed E-state index contributed by atoms with van der Waals surface area (Å²) in [7, 11) is 3.18. The molecule has 0 bridgehead atoms. The van der Waals surface area contributed by atoms with Crippen LogP contribution in [0.2, 0.25) is 0 Å². The fourth-order valence-electron chi connectivity index (χ4n) is 2.13. The summed E-state index contributed by atoms with van der Waals surface area (Å²) in [5.74, 6) is 1.12. The smallest absolute Gasteiger partial charge is 0.325 e. The van der Waals surface area contributed by atoms with Crippen molar-refractivity contribution in [3.05, 3.63) is 29.8 Å².